The molecule has 0 aliphatic heterocycles. The number of benzene rings is 1. The van der Waals surface area contributed by atoms with Crippen LogP contribution in [-0.4, -0.2) is 27.2 Å². The fraction of sp³-hybridized carbons (Fsp3) is 0.300. The van der Waals surface area contributed by atoms with Gasteiger partial charge in [-0.2, -0.15) is 0 Å². The third-order valence-electron chi connectivity index (χ3n) is 1.92. The first-order chi connectivity index (χ1) is 7.48. The molecule has 0 unspecified atom stereocenters. The van der Waals surface area contributed by atoms with Crippen molar-refractivity contribution in [1.29, 1.82) is 0 Å². The summed E-state index contributed by atoms with van der Waals surface area (Å²) in [6.07, 6.45) is 0. The SMILES string of the molecule is CCS(=O)(=O)[N]C(=O)c1ccc(OC)cc1. The van der Waals surface area contributed by atoms with Crippen molar-refractivity contribution in [3.8, 4) is 5.75 Å². The highest BCUT2D eigenvalue weighted by molar-refractivity contribution is 7.89. The third kappa shape index (κ3) is 3.23. The maximum absolute atomic E-state index is 11.4. The first kappa shape index (κ1) is 12.5. The Kier molecular flexibility index (Phi) is 3.89. The zero-order valence-corrected chi connectivity index (χ0v) is 9.82. The molecule has 0 aromatic heterocycles. The summed E-state index contributed by atoms with van der Waals surface area (Å²) in [6, 6.07) is 6.08. The predicted molar refractivity (Wildman–Crippen MR) is 58.9 cm³/mol. The van der Waals surface area contributed by atoms with E-state index in [0.717, 1.165) is 0 Å². The number of methoxy groups -OCH3 is 1. The van der Waals surface area contributed by atoms with Crippen LogP contribution >= 0.6 is 0 Å². The number of ether oxygens (including phenoxy) is 1. The Labute approximate surface area is 94.5 Å². The molecule has 0 aliphatic rings. The number of nitrogens with zero attached hydrogens (tertiary/aromatic N) is 1. The lowest BCUT2D eigenvalue weighted by molar-refractivity contribution is 0.0978. The molecule has 1 aromatic rings. The highest BCUT2D eigenvalue weighted by Gasteiger charge is 2.16. The van der Waals surface area contributed by atoms with Crippen molar-refractivity contribution in [3.05, 3.63) is 29.8 Å². The van der Waals surface area contributed by atoms with Crippen molar-refractivity contribution in [1.82, 2.24) is 4.72 Å². The second-order valence-corrected chi connectivity index (χ2v) is 4.92. The van der Waals surface area contributed by atoms with Crippen molar-refractivity contribution in [2.45, 2.75) is 6.92 Å². The molecule has 87 valence electrons. The monoisotopic (exact) mass is 242 g/mol. The Morgan fingerprint density at radius 1 is 1.31 bits per heavy atom. The van der Waals surface area contributed by atoms with Gasteiger partial charge in [0.1, 0.15) is 5.75 Å². The number of sulfonamides is 1. The Bertz CT molecular complexity index is 464. The van der Waals surface area contributed by atoms with Crippen LogP contribution in [0.4, 0.5) is 0 Å². The van der Waals surface area contributed by atoms with E-state index in [9.17, 15) is 13.2 Å². The number of rotatable bonds is 4. The smallest absolute Gasteiger partial charge is 0.287 e. The molecule has 0 spiro atoms. The summed E-state index contributed by atoms with van der Waals surface area (Å²) >= 11 is 0. The summed E-state index contributed by atoms with van der Waals surface area (Å²) in [5, 5.41) is 0. The topological polar surface area (TPSA) is 74.5 Å². The maximum Gasteiger partial charge on any atom is 0.287 e. The van der Waals surface area contributed by atoms with Crippen LogP contribution in [0.1, 0.15) is 17.3 Å². The van der Waals surface area contributed by atoms with Crippen LogP contribution in [0.15, 0.2) is 24.3 Å². The van der Waals surface area contributed by atoms with Gasteiger partial charge in [-0.05, 0) is 31.2 Å². The largest absolute Gasteiger partial charge is 0.497 e. The molecule has 1 aromatic carbocycles. The highest BCUT2D eigenvalue weighted by Crippen LogP contribution is 2.11. The number of carbonyl (C=O) groups is 1. The lowest BCUT2D eigenvalue weighted by Gasteiger charge is -2.02. The summed E-state index contributed by atoms with van der Waals surface area (Å²) in [4.78, 5) is 11.4. The van der Waals surface area contributed by atoms with Gasteiger partial charge in [0.2, 0.25) is 0 Å². The first-order valence-corrected chi connectivity index (χ1v) is 6.23. The van der Waals surface area contributed by atoms with Crippen LogP contribution in [-0.2, 0) is 10.0 Å². The fourth-order valence-corrected chi connectivity index (χ4v) is 1.46. The molecule has 0 saturated heterocycles. The quantitative estimate of drug-likeness (QED) is 0.782. The summed E-state index contributed by atoms with van der Waals surface area (Å²) in [5.74, 6) is -0.353. The van der Waals surface area contributed by atoms with Gasteiger partial charge in [0, 0.05) is 5.56 Å². The zero-order chi connectivity index (χ0) is 12.2. The maximum atomic E-state index is 11.4. The van der Waals surface area contributed by atoms with Gasteiger partial charge >= 0.3 is 0 Å². The molecule has 16 heavy (non-hydrogen) atoms. The molecular weight excluding hydrogens is 230 g/mol. The van der Waals surface area contributed by atoms with Crippen molar-refractivity contribution < 1.29 is 17.9 Å². The third-order valence-corrected chi connectivity index (χ3v) is 3.10. The molecule has 0 saturated carbocycles. The average Bonchev–Trinajstić information content (AvgIpc) is 2.28. The van der Waals surface area contributed by atoms with E-state index < -0.39 is 15.9 Å². The van der Waals surface area contributed by atoms with Crippen molar-refractivity contribution in [2.75, 3.05) is 12.9 Å². The highest BCUT2D eigenvalue weighted by atomic mass is 32.2. The van der Waals surface area contributed by atoms with E-state index in [0.29, 0.717) is 5.75 Å². The van der Waals surface area contributed by atoms with E-state index in [4.69, 9.17) is 4.74 Å². The molecular formula is C10H12NO4S. The van der Waals surface area contributed by atoms with E-state index in [2.05, 4.69) is 4.72 Å². The van der Waals surface area contributed by atoms with Gasteiger partial charge in [0.15, 0.2) is 0 Å². The average molecular weight is 242 g/mol. The van der Waals surface area contributed by atoms with Crippen molar-refractivity contribution in [3.63, 3.8) is 0 Å². The Hall–Kier alpha value is -1.56. The fourth-order valence-electron chi connectivity index (χ4n) is 0.977. The molecule has 0 aliphatic carbocycles. The standard InChI is InChI=1S/C10H12NO4S/c1-3-16(13,14)11-10(12)8-4-6-9(15-2)7-5-8/h4-7H,3H2,1-2H3. The van der Waals surface area contributed by atoms with Gasteiger partial charge in [0.25, 0.3) is 15.9 Å². The van der Waals surface area contributed by atoms with Gasteiger partial charge in [-0.1, -0.05) is 0 Å². The van der Waals surface area contributed by atoms with Gasteiger partial charge in [-0.15, -0.1) is 4.72 Å². The van der Waals surface area contributed by atoms with Crippen LogP contribution in [0.5, 0.6) is 5.75 Å². The minimum atomic E-state index is -3.64. The normalized spacial score (nSPS) is 10.9. The minimum absolute atomic E-state index is 0.186. The molecule has 1 radical (unpaired) electrons. The second-order valence-electron chi connectivity index (χ2n) is 3.00. The lowest BCUT2D eigenvalue weighted by atomic mass is 10.2. The second kappa shape index (κ2) is 4.98. The summed E-state index contributed by atoms with van der Waals surface area (Å²) in [5.41, 5.74) is 0.220. The van der Waals surface area contributed by atoms with Gasteiger partial charge < -0.3 is 4.74 Å². The molecule has 0 heterocycles. The van der Waals surface area contributed by atoms with Crippen molar-refractivity contribution in [2.24, 2.45) is 0 Å². The molecule has 0 N–H and O–H groups in total. The minimum Gasteiger partial charge on any atom is -0.497 e. The molecule has 0 atom stereocenters. The van der Waals surface area contributed by atoms with Gasteiger partial charge in [-0.25, -0.2) is 8.42 Å². The molecule has 0 bridgehead atoms. The number of carbonyl (C=O) groups excluding carboxylic acids is 1. The van der Waals surface area contributed by atoms with E-state index in [1.54, 1.807) is 12.1 Å². The molecule has 6 heteroatoms. The molecule has 1 amide bonds. The Balaban J connectivity index is 2.81. The van der Waals surface area contributed by atoms with Crippen LogP contribution in [0.25, 0.3) is 0 Å². The lowest BCUT2D eigenvalue weighted by Crippen LogP contribution is -2.24. The summed E-state index contributed by atoms with van der Waals surface area (Å²) < 4.78 is 30.2. The van der Waals surface area contributed by atoms with Gasteiger partial charge in [-0.3, -0.25) is 4.79 Å². The molecule has 1 rings (SSSR count). The van der Waals surface area contributed by atoms with E-state index in [1.165, 1.54) is 26.2 Å². The van der Waals surface area contributed by atoms with Crippen LogP contribution in [0.2, 0.25) is 0 Å². The van der Waals surface area contributed by atoms with Crippen LogP contribution in [0, 0.1) is 0 Å². The number of hydrogen-bond acceptors (Lipinski definition) is 4. The van der Waals surface area contributed by atoms with E-state index in [-0.39, 0.29) is 11.3 Å². The Morgan fingerprint density at radius 3 is 2.31 bits per heavy atom. The van der Waals surface area contributed by atoms with E-state index in [1.807, 2.05) is 0 Å². The first-order valence-electron chi connectivity index (χ1n) is 4.62. The Morgan fingerprint density at radius 2 is 1.88 bits per heavy atom. The summed E-state index contributed by atoms with van der Waals surface area (Å²) in [7, 11) is -2.14. The summed E-state index contributed by atoms with van der Waals surface area (Å²) in [6.45, 7) is 1.43. The van der Waals surface area contributed by atoms with Crippen LogP contribution in [0.3, 0.4) is 0 Å². The predicted octanol–water partition coefficient (Wildman–Crippen LogP) is 0.790. The van der Waals surface area contributed by atoms with Gasteiger partial charge in [0.05, 0.1) is 12.9 Å². The van der Waals surface area contributed by atoms with Crippen molar-refractivity contribution >= 4 is 15.9 Å². The molecule has 0 fully saturated rings. The van der Waals surface area contributed by atoms with E-state index >= 15 is 0 Å². The molecule has 5 nitrogen and oxygen atoms in total. The zero-order valence-electron chi connectivity index (χ0n) is 9.00. The number of amides is 1. The number of hydrogen-bond donors (Lipinski definition) is 0. The van der Waals surface area contributed by atoms with Crippen LogP contribution < -0.4 is 9.46 Å².